The summed E-state index contributed by atoms with van der Waals surface area (Å²) in [6, 6.07) is 0. The number of hydrogen-bond donors (Lipinski definition) is 1. The molecule has 1 aliphatic rings. The number of aromatic nitrogens is 1. The number of alkyl halides is 2. The number of hydrogen-bond acceptors (Lipinski definition) is 3. The van der Waals surface area contributed by atoms with Crippen LogP contribution in [0.3, 0.4) is 0 Å². The van der Waals surface area contributed by atoms with Gasteiger partial charge < -0.3 is 5.32 Å². The van der Waals surface area contributed by atoms with Crippen molar-refractivity contribution < 1.29 is 8.78 Å². The lowest BCUT2D eigenvalue weighted by atomic mass is 10.1. The standard InChI is InChI=1S/C9H12F2N2S/c10-9(11)7-5-13-8(14-7)3-6-1-2-12-4-6/h5-6,9,12H,1-4H2. The van der Waals surface area contributed by atoms with Crippen LogP contribution in [0, 0.1) is 5.92 Å². The van der Waals surface area contributed by atoms with E-state index >= 15 is 0 Å². The number of nitrogens with one attached hydrogen (secondary N) is 1. The van der Waals surface area contributed by atoms with Crippen molar-refractivity contribution in [2.45, 2.75) is 19.3 Å². The monoisotopic (exact) mass is 218 g/mol. The molecule has 1 saturated heterocycles. The lowest BCUT2D eigenvalue weighted by Gasteiger charge is -2.03. The minimum Gasteiger partial charge on any atom is -0.316 e. The first-order valence-electron chi connectivity index (χ1n) is 4.69. The third-order valence-electron chi connectivity index (χ3n) is 2.41. The Labute approximate surface area is 85.4 Å². The highest BCUT2D eigenvalue weighted by Crippen LogP contribution is 2.27. The molecule has 14 heavy (non-hydrogen) atoms. The van der Waals surface area contributed by atoms with Crippen molar-refractivity contribution in [3.05, 3.63) is 16.1 Å². The highest BCUT2D eigenvalue weighted by Gasteiger charge is 2.18. The molecular weight excluding hydrogens is 206 g/mol. The first-order valence-corrected chi connectivity index (χ1v) is 5.51. The molecule has 0 radical (unpaired) electrons. The van der Waals surface area contributed by atoms with Crippen LogP contribution in [0.2, 0.25) is 0 Å². The molecule has 1 fully saturated rings. The van der Waals surface area contributed by atoms with Crippen LogP contribution in [0.15, 0.2) is 6.20 Å². The van der Waals surface area contributed by atoms with Crippen molar-refractivity contribution in [3.63, 3.8) is 0 Å². The second-order valence-electron chi connectivity index (χ2n) is 3.52. The average Bonchev–Trinajstić information content (AvgIpc) is 2.75. The molecule has 1 N–H and O–H groups in total. The fourth-order valence-corrected chi connectivity index (χ4v) is 2.55. The van der Waals surface area contributed by atoms with Gasteiger partial charge in [0.2, 0.25) is 0 Å². The third-order valence-corrected chi connectivity index (χ3v) is 3.44. The van der Waals surface area contributed by atoms with Crippen LogP contribution in [-0.4, -0.2) is 18.1 Å². The molecular formula is C9H12F2N2S. The molecule has 2 rings (SSSR count). The summed E-state index contributed by atoms with van der Waals surface area (Å²) in [7, 11) is 0. The van der Waals surface area contributed by atoms with E-state index in [1.807, 2.05) is 0 Å². The summed E-state index contributed by atoms with van der Waals surface area (Å²) in [6.45, 7) is 2.03. The Balaban J connectivity index is 1.95. The summed E-state index contributed by atoms with van der Waals surface area (Å²) >= 11 is 1.14. The van der Waals surface area contributed by atoms with E-state index in [0.29, 0.717) is 5.92 Å². The zero-order valence-electron chi connectivity index (χ0n) is 7.67. The first-order chi connectivity index (χ1) is 6.75. The van der Waals surface area contributed by atoms with Gasteiger partial charge in [0.25, 0.3) is 6.43 Å². The molecule has 5 heteroatoms. The van der Waals surface area contributed by atoms with Gasteiger partial charge in [-0.05, 0) is 25.4 Å². The van der Waals surface area contributed by atoms with Gasteiger partial charge in [-0.3, -0.25) is 0 Å². The zero-order chi connectivity index (χ0) is 9.97. The topological polar surface area (TPSA) is 24.9 Å². The van der Waals surface area contributed by atoms with Crippen LogP contribution in [0.5, 0.6) is 0 Å². The van der Waals surface area contributed by atoms with E-state index in [1.54, 1.807) is 0 Å². The Morgan fingerprint density at radius 2 is 2.50 bits per heavy atom. The maximum Gasteiger partial charge on any atom is 0.274 e. The quantitative estimate of drug-likeness (QED) is 0.841. The molecule has 0 amide bonds. The molecule has 0 saturated carbocycles. The van der Waals surface area contributed by atoms with E-state index in [-0.39, 0.29) is 4.88 Å². The third kappa shape index (κ3) is 2.27. The normalized spacial score (nSPS) is 22.1. The van der Waals surface area contributed by atoms with Gasteiger partial charge in [-0.1, -0.05) is 0 Å². The van der Waals surface area contributed by atoms with Gasteiger partial charge in [-0.25, -0.2) is 13.8 Å². The maximum atomic E-state index is 12.3. The second-order valence-corrected chi connectivity index (χ2v) is 4.67. The first kappa shape index (κ1) is 9.98. The van der Waals surface area contributed by atoms with Crippen LogP contribution in [0.1, 0.15) is 22.7 Å². The number of nitrogens with zero attached hydrogens (tertiary/aromatic N) is 1. The zero-order valence-corrected chi connectivity index (χ0v) is 8.49. The van der Waals surface area contributed by atoms with Gasteiger partial charge in [0.1, 0.15) is 0 Å². The summed E-state index contributed by atoms with van der Waals surface area (Å²) in [5.74, 6) is 0.576. The van der Waals surface area contributed by atoms with Crippen molar-refractivity contribution in [2.75, 3.05) is 13.1 Å². The molecule has 0 aliphatic carbocycles. The van der Waals surface area contributed by atoms with Crippen molar-refractivity contribution in [1.82, 2.24) is 10.3 Å². The van der Waals surface area contributed by atoms with Crippen LogP contribution >= 0.6 is 11.3 Å². The Hall–Kier alpha value is -0.550. The largest absolute Gasteiger partial charge is 0.316 e. The van der Waals surface area contributed by atoms with Gasteiger partial charge in [-0.15, -0.1) is 11.3 Å². The molecule has 0 spiro atoms. The second kappa shape index (κ2) is 4.31. The molecule has 1 unspecified atom stereocenters. The number of thiazole rings is 1. The van der Waals surface area contributed by atoms with Crippen LogP contribution < -0.4 is 5.32 Å². The Morgan fingerprint density at radius 1 is 1.64 bits per heavy atom. The number of rotatable bonds is 3. The van der Waals surface area contributed by atoms with E-state index < -0.39 is 6.43 Å². The van der Waals surface area contributed by atoms with Crippen LogP contribution in [0.25, 0.3) is 0 Å². The van der Waals surface area contributed by atoms with E-state index in [2.05, 4.69) is 10.3 Å². The fourth-order valence-electron chi connectivity index (χ4n) is 1.66. The van der Waals surface area contributed by atoms with E-state index in [0.717, 1.165) is 42.3 Å². The van der Waals surface area contributed by atoms with Gasteiger partial charge in [-0.2, -0.15) is 0 Å². The highest BCUT2D eigenvalue weighted by molar-refractivity contribution is 7.11. The van der Waals surface area contributed by atoms with Gasteiger partial charge >= 0.3 is 0 Å². The van der Waals surface area contributed by atoms with Crippen LogP contribution in [-0.2, 0) is 6.42 Å². The molecule has 1 atom stereocenters. The molecule has 78 valence electrons. The van der Waals surface area contributed by atoms with E-state index in [4.69, 9.17) is 0 Å². The average molecular weight is 218 g/mol. The minimum atomic E-state index is -2.37. The van der Waals surface area contributed by atoms with Crippen LogP contribution in [0.4, 0.5) is 8.78 Å². The fraction of sp³-hybridized carbons (Fsp3) is 0.667. The van der Waals surface area contributed by atoms with Crippen molar-refractivity contribution >= 4 is 11.3 Å². The van der Waals surface area contributed by atoms with Crippen molar-refractivity contribution in [1.29, 1.82) is 0 Å². The Kier molecular flexibility index (Phi) is 3.08. The molecule has 0 aromatic carbocycles. The van der Waals surface area contributed by atoms with E-state index in [1.165, 1.54) is 6.20 Å². The SMILES string of the molecule is FC(F)c1cnc(CC2CCNC2)s1. The highest BCUT2D eigenvalue weighted by atomic mass is 32.1. The molecule has 2 nitrogen and oxygen atoms in total. The number of halogens is 2. The van der Waals surface area contributed by atoms with Crippen molar-refractivity contribution in [3.8, 4) is 0 Å². The lowest BCUT2D eigenvalue weighted by molar-refractivity contribution is 0.155. The minimum absolute atomic E-state index is 0.0888. The Morgan fingerprint density at radius 3 is 3.07 bits per heavy atom. The van der Waals surface area contributed by atoms with Gasteiger partial charge in [0.05, 0.1) is 9.88 Å². The summed E-state index contributed by atoms with van der Waals surface area (Å²) in [5.41, 5.74) is 0. The predicted molar refractivity (Wildman–Crippen MR) is 51.8 cm³/mol. The molecule has 1 aromatic rings. The summed E-state index contributed by atoms with van der Waals surface area (Å²) in [5, 5.41) is 4.09. The Bertz CT molecular complexity index is 295. The van der Waals surface area contributed by atoms with Gasteiger partial charge in [0, 0.05) is 12.6 Å². The molecule has 1 aromatic heterocycles. The van der Waals surface area contributed by atoms with Crippen molar-refractivity contribution in [2.24, 2.45) is 5.92 Å². The maximum absolute atomic E-state index is 12.3. The molecule has 0 bridgehead atoms. The molecule has 2 heterocycles. The summed E-state index contributed by atoms with van der Waals surface area (Å²) < 4.78 is 24.5. The predicted octanol–water partition coefficient (Wildman–Crippen LogP) is 2.23. The molecule has 1 aliphatic heterocycles. The smallest absolute Gasteiger partial charge is 0.274 e. The van der Waals surface area contributed by atoms with E-state index in [9.17, 15) is 8.78 Å². The summed E-state index contributed by atoms with van der Waals surface area (Å²) in [4.78, 5) is 4.10. The lowest BCUT2D eigenvalue weighted by Crippen LogP contribution is -2.10. The summed E-state index contributed by atoms with van der Waals surface area (Å²) in [6.07, 6.45) is 0.893. The van der Waals surface area contributed by atoms with Gasteiger partial charge in [0.15, 0.2) is 0 Å².